The molecule has 2 nitrogen and oxygen atoms in total. The first-order chi connectivity index (χ1) is 10.2. The van der Waals surface area contributed by atoms with E-state index in [-0.39, 0.29) is 5.75 Å². The fourth-order valence-corrected chi connectivity index (χ4v) is 3.30. The maximum absolute atomic E-state index is 9.53. The molecular weight excluding hydrogens is 258 g/mol. The van der Waals surface area contributed by atoms with E-state index in [1.807, 2.05) is 36.4 Å². The van der Waals surface area contributed by atoms with Crippen LogP contribution in [0.2, 0.25) is 0 Å². The number of hydrogen-bond acceptors (Lipinski definition) is 2. The highest BCUT2D eigenvalue weighted by molar-refractivity contribution is 5.82. The Morgan fingerprint density at radius 2 is 1.14 bits per heavy atom. The Bertz CT molecular complexity index is 775. The largest absolute Gasteiger partial charge is 0.508 e. The van der Waals surface area contributed by atoms with Crippen molar-refractivity contribution < 1.29 is 5.11 Å². The number of aromatic hydroxyl groups is 1. The fourth-order valence-electron chi connectivity index (χ4n) is 3.30. The molecule has 1 aliphatic rings. The van der Waals surface area contributed by atoms with Crippen LogP contribution in [0.15, 0.2) is 72.8 Å². The Morgan fingerprint density at radius 3 is 1.67 bits per heavy atom. The van der Waals surface area contributed by atoms with Crippen molar-refractivity contribution in [1.29, 1.82) is 0 Å². The SMILES string of the molecule is NC1(c2ccc(O)cc2)c2ccccc2-c2ccccc21. The van der Waals surface area contributed by atoms with Gasteiger partial charge in [-0.15, -0.1) is 0 Å². The lowest BCUT2D eigenvalue weighted by Crippen LogP contribution is -2.37. The summed E-state index contributed by atoms with van der Waals surface area (Å²) in [5, 5.41) is 9.53. The van der Waals surface area contributed by atoms with Crippen molar-refractivity contribution in [3.8, 4) is 16.9 Å². The van der Waals surface area contributed by atoms with Crippen LogP contribution in [0.5, 0.6) is 5.75 Å². The third-order valence-corrected chi connectivity index (χ3v) is 4.32. The van der Waals surface area contributed by atoms with E-state index in [4.69, 9.17) is 5.73 Å². The van der Waals surface area contributed by atoms with Crippen molar-refractivity contribution in [3.63, 3.8) is 0 Å². The minimum atomic E-state index is -0.666. The normalized spacial score (nSPS) is 14.5. The molecule has 4 rings (SSSR count). The zero-order chi connectivity index (χ0) is 14.4. The molecule has 0 unspecified atom stereocenters. The molecule has 0 heterocycles. The van der Waals surface area contributed by atoms with Crippen LogP contribution in [0.3, 0.4) is 0 Å². The van der Waals surface area contributed by atoms with Gasteiger partial charge in [0.15, 0.2) is 0 Å². The highest BCUT2D eigenvalue weighted by Gasteiger charge is 2.40. The Morgan fingerprint density at radius 1 is 0.667 bits per heavy atom. The van der Waals surface area contributed by atoms with Gasteiger partial charge in [0.25, 0.3) is 0 Å². The summed E-state index contributed by atoms with van der Waals surface area (Å²) in [6, 6.07) is 23.7. The second-order valence-electron chi connectivity index (χ2n) is 5.45. The van der Waals surface area contributed by atoms with Crippen LogP contribution in [-0.2, 0) is 5.54 Å². The van der Waals surface area contributed by atoms with Gasteiger partial charge in [0.05, 0.1) is 5.54 Å². The van der Waals surface area contributed by atoms with Crippen LogP contribution in [-0.4, -0.2) is 5.11 Å². The molecule has 3 N–H and O–H groups in total. The fraction of sp³-hybridized carbons (Fsp3) is 0.0526. The van der Waals surface area contributed by atoms with E-state index in [0.29, 0.717) is 0 Å². The van der Waals surface area contributed by atoms with Gasteiger partial charge >= 0.3 is 0 Å². The Labute approximate surface area is 123 Å². The van der Waals surface area contributed by atoms with Crippen molar-refractivity contribution in [2.45, 2.75) is 5.54 Å². The van der Waals surface area contributed by atoms with Crippen LogP contribution in [0.25, 0.3) is 11.1 Å². The van der Waals surface area contributed by atoms with Crippen LogP contribution >= 0.6 is 0 Å². The van der Waals surface area contributed by atoms with Crippen molar-refractivity contribution in [1.82, 2.24) is 0 Å². The second kappa shape index (κ2) is 4.21. The Kier molecular flexibility index (Phi) is 2.44. The first-order valence-corrected chi connectivity index (χ1v) is 6.99. The standard InChI is InChI=1S/C19H15NO/c20-19(13-9-11-14(21)12-10-13)17-7-3-1-5-15(17)16-6-2-4-8-18(16)19/h1-12,21H,20H2. The number of rotatable bonds is 1. The van der Waals surface area contributed by atoms with Crippen molar-refractivity contribution in [2.75, 3.05) is 0 Å². The van der Waals surface area contributed by atoms with Crippen LogP contribution < -0.4 is 5.73 Å². The highest BCUT2D eigenvalue weighted by Crippen LogP contribution is 2.49. The number of phenolic OH excluding ortho intramolecular Hbond substituents is 1. The summed E-state index contributed by atoms with van der Waals surface area (Å²) in [7, 11) is 0. The van der Waals surface area contributed by atoms with Gasteiger partial charge in [-0.3, -0.25) is 0 Å². The molecule has 0 aromatic heterocycles. The number of phenols is 1. The molecule has 3 aromatic carbocycles. The van der Waals surface area contributed by atoms with Crippen LogP contribution in [0.1, 0.15) is 16.7 Å². The zero-order valence-electron chi connectivity index (χ0n) is 11.5. The number of fused-ring (bicyclic) bond motifs is 3. The lowest BCUT2D eigenvalue weighted by molar-refractivity contribution is 0.474. The summed E-state index contributed by atoms with van der Waals surface area (Å²) in [6.45, 7) is 0. The Hall–Kier alpha value is -2.58. The second-order valence-corrected chi connectivity index (χ2v) is 5.45. The zero-order valence-corrected chi connectivity index (χ0v) is 11.5. The summed E-state index contributed by atoms with van der Waals surface area (Å²) in [6.07, 6.45) is 0. The van der Waals surface area contributed by atoms with Gasteiger partial charge in [-0.1, -0.05) is 60.7 Å². The highest BCUT2D eigenvalue weighted by atomic mass is 16.3. The van der Waals surface area contributed by atoms with Crippen LogP contribution in [0, 0.1) is 0 Å². The third kappa shape index (κ3) is 1.57. The van der Waals surface area contributed by atoms with Gasteiger partial charge in [-0.05, 0) is 39.9 Å². The summed E-state index contributed by atoms with van der Waals surface area (Å²) < 4.78 is 0. The van der Waals surface area contributed by atoms with Crippen molar-refractivity contribution in [3.05, 3.63) is 89.5 Å². The van der Waals surface area contributed by atoms with E-state index in [0.717, 1.165) is 16.7 Å². The third-order valence-electron chi connectivity index (χ3n) is 4.32. The molecule has 102 valence electrons. The molecule has 1 aliphatic carbocycles. The molecule has 3 aromatic rings. The van der Waals surface area contributed by atoms with E-state index in [2.05, 4.69) is 24.3 Å². The minimum Gasteiger partial charge on any atom is -0.508 e. The molecular formula is C19H15NO. The quantitative estimate of drug-likeness (QED) is 0.711. The molecule has 0 radical (unpaired) electrons. The summed E-state index contributed by atoms with van der Waals surface area (Å²) >= 11 is 0. The lowest BCUT2D eigenvalue weighted by Gasteiger charge is -2.28. The average Bonchev–Trinajstić information content (AvgIpc) is 2.80. The molecule has 0 atom stereocenters. The van der Waals surface area contributed by atoms with Crippen molar-refractivity contribution in [2.24, 2.45) is 5.73 Å². The predicted octanol–water partition coefficient (Wildman–Crippen LogP) is 3.62. The first kappa shape index (κ1) is 12.2. The maximum atomic E-state index is 9.53. The average molecular weight is 273 g/mol. The molecule has 0 aliphatic heterocycles. The van der Waals surface area contributed by atoms with E-state index in [9.17, 15) is 5.11 Å². The maximum Gasteiger partial charge on any atom is 0.115 e. The molecule has 0 bridgehead atoms. The van der Waals surface area contributed by atoms with E-state index >= 15 is 0 Å². The predicted molar refractivity (Wildman–Crippen MR) is 84.1 cm³/mol. The van der Waals surface area contributed by atoms with Crippen molar-refractivity contribution >= 4 is 0 Å². The Balaban J connectivity index is 2.06. The lowest BCUT2D eigenvalue weighted by atomic mass is 9.82. The summed E-state index contributed by atoms with van der Waals surface area (Å²) in [5.74, 6) is 0.252. The van der Waals surface area contributed by atoms with Gasteiger partial charge in [0, 0.05) is 0 Å². The number of hydrogen-bond donors (Lipinski definition) is 2. The monoisotopic (exact) mass is 273 g/mol. The van der Waals surface area contributed by atoms with E-state index in [1.54, 1.807) is 12.1 Å². The molecule has 0 fully saturated rings. The summed E-state index contributed by atoms with van der Waals surface area (Å²) in [5.41, 5.74) is 11.8. The minimum absolute atomic E-state index is 0.252. The topological polar surface area (TPSA) is 46.2 Å². The molecule has 0 spiro atoms. The van der Waals surface area contributed by atoms with Gasteiger partial charge in [-0.25, -0.2) is 0 Å². The molecule has 2 heteroatoms. The number of benzene rings is 3. The smallest absolute Gasteiger partial charge is 0.115 e. The van der Waals surface area contributed by atoms with Crippen LogP contribution in [0.4, 0.5) is 0 Å². The van der Waals surface area contributed by atoms with Gasteiger partial charge in [-0.2, -0.15) is 0 Å². The first-order valence-electron chi connectivity index (χ1n) is 6.99. The van der Waals surface area contributed by atoms with Gasteiger partial charge < -0.3 is 10.8 Å². The molecule has 0 saturated heterocycles. The molecule has 0 saturated carbocycles. The number of nitrogens with two attached hydrogens (primary N) is 1. The van der Waals surface area contributed by atoms with E-state index < -0.39 is 5.54 Å². The molecule has 21 heavy (non-hydrogen) atoms. The van der Waals surface area contributed by atoms with Gasteiger partial charge in [0.2, 0.25) is 0 Å². The molecule has 0 amide bonds. The summed E-state index contributed by atoms with van der Waals surface area (Å²) in [4.78, 5) is 0. The van der Waals surface area contributed by atoms with Gasteiger partial charge in [0.1, 0.15) is 5.75 Å². The van der Waals surface area contributed by atoms with E-state index in [1.165, 1.54) is 11.1 Å².